The van der Waals surface area contributed by atoms with Gasteiger partial charge in [-0.05, 0) is 49.2 Å². The number of carbonyl (C=O) groups is 2. The van der Waals surface area contributed by atoms with Crippen LogP contribution in [-0.4, -0.2) is 50.5 Å². The van der Waals surface area contributed by atoms with Crippen LogP contribution in [0.15, 0.2) is 42.5 Å². The monoisotopic (exact) mass is 533 g/mol. The molecule has 7 nitrogen and oxygen atoms in total. The predicted octanol–water partition coefficient (Wildman–Crippen LogP) is 4.36. The van der Waals surface area contributed by atoms with Crippen molar-refractivity contribution in [1.29, 1.82) is 0 Å². The van der Waals surface area contributed by atoms with E-state index < -0.39 is 28.5 Å². The van der Waals surface area contributed by atoms with Gasteiger partial charge in [0.1, 0.15) is 12.6 Å². The molecule has 1 atom stereocenters. The van der Waals surface area contributed by atoms with Gasteiger partial charge in [-0.2, -0.15) is 0 Å². The lowest BCUT2D eigenvalue weighted by Crippen LogP contribution is -2.51. The van der Waals surface area contributed by atoms with Gasteiger partial charge in [0.15, 0.2) is 0 Å². The topological polar surface area (TPSA) is 86.8 Å². The van der Waals surface area contributed by atoms with E-state index in [-0.39, 0.29) is 23.2 Å². The summed E-state index contributed by atoms with van der Waals surface area (Å²) in [6.07, 6.45) is 1.71. The zero-order valence-corrected chi connectivity index (χ0v) is 21.6. The largest absolute Gasteiger partial charge is 0.354 e. The van der Waals surface area contributed by atoms with Gasteiger partial charge in [-0.1, -0.05) is 53.9 Å². The maximum absolute atomic E-state index is 13.4. The summed E-state index contributed by atoms with van der Waals surface area (Å²) in [7, 11) is -3.88. The summed E-state index contributed by atoms with van der Waals surface area (Å²) >= 11 is 18.2. The van der Waals surface area contributed by atoms with E-state index in [9.17, 15) is 18.0 Å². The van der Waals surface area contributed by atoms with E-state index in [4.69, 9.17) is 34.8 Å². The molecular weight excluding hydrogens is 509 g/mol. The van der Waals surface area contributed by atoms with Gasteiger partial charge in [0.25, 0.3) is 0 Å². The fourth-order valence-corrected chi connectivity index (χ4v) is 4.72. The second kappa shape index (κ2) is 11.9. The molecule has 2 aromatic carbocycles. The van der Waals surface area contributed by atoms with Crippen molar-refractivity contribution in [2.75, 3.05) is 23.7 Å². The number of benzene rings is 2. The van der Waals surface area contributed by atoms with E-state index in [1.165, 1.54) is 23.1 Å². The average Bonchev–Trinajstić information content (AvgIpc) is 2.73. The van der Waals surface area contributed by atoms with Crippen LogP contribution in [0, 0.1) is 0 Å². The van der Waals surface area contributed by atoms with Gasteiger partial charge in [0.05, 0.1) is 17.0 Å². The highest BCUT2D eigenvalue weighted by Crippen LogP contribution is 2.30. The van der Waals surface area contributed by atoms with Gasteiger partial charge < -0.3 is 10.2 Å². The average molecular weight is 535 g/mol. The summed E-state index contributed by atoms with van der Waals surface area (Å²) in [5, 5.41) is 3.65. The molecule has 1 N–H and O–H groups in total. The molecule has 0 spiro atoms. The number of rotatable bonds is 10. The molecule has 2 aromatic rings. The summed E-state index contributed by atoms with van der Waals surface area (Å²) in [5.74, 6) is -0.923. The van der Waals surface area contributed by atoms with Crippen molar-refractivity contribution in [3.8, 4) is 0 Å². The van der Waals surface area contributed by atoms with Crippen LogP contribution in [-0.2, 0) is 26.2 Å². The normalized spacial score (nSPS) is 12.2. The minimum absolute atomic E-state index is 0.0616. The Hall–Kier alpha value is -2.00. The minimum Gasteiger partial charge on any atom is -0.354 e. The van der Waals surface area contributed by atoms with Gasteiger partial charge in [-0.25, -0.2) is 8.42 Å². The second-order valence-electron chi connectivity index (χ2n) is 7.48. The van der Waals surface area contributed by atoms with Crippen LogP contribution in [0.25, 0.3) is 0 Å². The molecule has 0 aliphatic rings. The Kier molecular flexibility index (Phi) is 9.84. The standard InChI is InChI=1S/C22H26Cl3N3O4S/c1-4-10-26-22(30)15(2)27(13-16-6-5-7-17(23)11-16)21(29)14-28(33(3,31)32)20-9-8-18(24)12-19(20)25/h5-9,11-12,15H,4,10,13-14H2,1-3H3,(H,26,30)/t15-/m1/s1. The van der Waals surface area contributed by atoms with E-state index in [1.54, 1.807) is 31.2 Å². The third-order valence-corrected chi connectivity index (χ3v) is 6.72. The molecule has 0 aliphatic heterocycles. The Morgan fingerprint density at radius 3 is 2.30 bits per heavy atom. The lowest BCUT2D eigenvalue weighted by atomic mass is 10.1. The minimum atomic E-state index is -3.88. The first-order chi connectivity index (χ1) is 15.4. The lowest BCUT2D eigenvalue weighted by molar-refractivity contribution is -0.139. The number of hydrogen-bond acceptors (Lipinski definition) is 4. The maximum Gasteiger partial charge on any atom is 0.244 e. The van der Waals surface area contributed by atoms with Crippen LogP contribution in [0.2, 0.25) is 15.1 Å². The van der Waals surface area contributed by atoms with E-state index in [2.05, 4.69) is 5.32 Å². The smallest absolute Gasteiger partial charge is 0.244 e. The number of hydrogen-bond donors (Lipinski definition) is 1. The summed E-state index contributed by atoms with van der Waals surface area (Å²) < 4.78 is 26.0. The molecule has 0 aliphatic carbocycles. The summed E-state index contributed by atoms with van der Waals surface area (Å²) in [5.41, 5.74) is 0.809. The summed E-state index contributed by atoms with van der Waals surface area (Å²) in [6.45, 7) is 3.48. The number of nitrogens with one attached hydrogen (secondary N) is 1. The first kappa shape index (κ1) is 27.2. The molecule has 0 saturated heterocycles. The van der Waals surface area contributed by atoms with Crippen LogP contribution in [0.3, 0.4) is 0 Å². The molecule has 0 unspecified atom stereocenters. The van der Waals surface area contributed by atoms with Crippen molar-refractivity contribution in [3.05, 3.63) is 63.1 Å². The van der Waals surface area contributed by atoms with Crippen LogP contribution < -0.4 is 9.62 Å². The number of nitrogens with zero attached hydrogens (tertiary/aromatic N) is 2. The highest BCUT2D eigenvalue weighted by atomic mass is 35.5. The molecule has 180 valence electrons. The molecule has 11 heteroatoms. The molecule has 2 amide bonds. The molecular formula is C22H26Cl3N3O4S. The van der Waals surface area contributed by atoms with Crippen LogP contribution in [0.4, 0.5) is 5.69 Å². The first-order valence-electron chi connectivity index (χ1n) is 10.2. The second-order valence-corrected chi connectivity index (χ2v) is 10.7. The third kappa shape index (κ3) is 7.78. The van der Waals surface area contributed by atoms with Crippen molar-refractivity contribution in [2.45, 2.75) is 32.9 Å². The number of carbonyl (C=O) groups excluding carboxylic acids is 2. The van der Waals surface area contributed by atoms with Crippen molar-refractivity contribution >= 4 is 62.3 Å². The Bertz CT molecular complexity index is 1110. The highest BCUT2D eigenvalue weighted by molar-refractivity contribution is 7.92. The summed E-state index contributed by atoms with van der Waals surface area (Å²) in [6, 6.07) is 10.3. The van der Waals surface area contributed by atoms with Gasteiger partial charge in [0, 0.05) is 23.1 Å². The van der Waals surface area contributed by atoms with Crippen molar-refractivity contribution < 1.29 is 18.0 Å². The third-order valence-electron chi connectivity index (χ3n) is 4.82. The zero-order valence-electron chi connectivity index (χ0n) is 18.5. The summed E-state index contributed by atoms with van der Waals surface area (Å²) in [4.78, 5) is 27.4. The molecule has 0 heterocycles. The molecule has 0 aromatic heterocycles. The number of sulfonamides is 1. The number of amides is 2. The van der Waals surface area contributed by atoms with E-state index in [0.717, 1.165) is 17.0 Å². The molecule has 0 saturated carbocycles. The van der Waals surface area contributed by atoms with Gasteiger partial charge >= 0.3 is 0 Å². The highest BCUT2D eigenvalue weighted by Gasteiger charge is 2.30. The molecule has 0 fully saturated rings. The Balaban J connectivity index is 2.40. The van der Waals surface area contributed by atoms with E-state index in [1.807, 2.05) is 6.92 Å². The van der Waals surface area contributed by atoms with Crippen molar-refractivity contribution in [2.24, 2.45) is 0 Å². The van der Waals surface area contributed by atoms with Gasteiger partial charge in [-0.3, -0.25) is 13.9 Å². The number of halogens is 3. The fourth-order valence-electron chi connectivity index (χ4n) is 3.09. The Labute approximate surface area is 209 Å². The SMILES string of the molecule is CCCNC(=O)[C@@H](C)N(Cc1cccc(Cl)c1)C(=O)CN(c1ccc(Cl)cc1Cl)S(C)(=O)=O. The molecule has 0 bridgehead atoms. The Morgan fingerprint density at radius 2 is 1.73 bits per heavy atom. The quantitative estimate of drug-likeness (QED) is 0.491. The zero-order chi connectivity index (χ0) is 24.8. The van der Waals surface area contributed by atoms with Crippen LogP contribution in [0.5, 0.6) is 0 Å². The van der Waals surface area contributed by atoms with Crippen molar-refractivity contribution in [1.82, 2.24) is 10.2 Å². The van der Waals surface area contributed by atoms with E-state index in [0.29, 0.717) is 22.2 Å². The number of anilines is 1. The first-order valence-corrected chi connectivity index (χ1v) is 13.2. The van der Waals surface area contributed by atoms with Gasteiger partial charge in [-0.15, -0.1) is 0 Å². The predicted molar refractivity (Wildman–Crippen MR) is 133 cm³/mol. The fraction of sp³-hybridized carbons (Fsp3) is 0.364. The van der Waals surface area contributed by atoms with Gasteiger partial charge in [0.2, 0.25) is 21.8 Å². The lowest BCUT2D eigenvalue weighted by Gasteiger charge is -2.31. The van der Waals surface area contributed by atoms with Crippen LogP contribution in [0.1, 0.15) is 25.8 Å². The molecule has 0 radical (unpaired) electrons. The van der Waals surface area contributed by atoms with E-state index >= 15 is 0 Å². The maximum atomic E-state index is 13.4. The molecule has 2 rings (SSSR count). The Morgan fingerprint density at radius 1 is 1.06 bits per heavy atom. The van der Waals surface area contributed by atoms with Crippen LogP contribution >= 0.6 is 34.8 Å². The molecule has 33 heavy (non-hydrogen) atoms. The van der Waals surface area contributed by atoms with Crippen molar-refractivity contribution in [3.63, 3.8) is 0 Å².